The van der Waals surface area contributed by atoms with Gasteiger partial charge in [-0.1, -0.05) is 0 Å². The maximum atomic E-state index is 11.4. The number of aryl methyl sites for hydroxylation is 2. The summed E-state index contributed by atoms with van der Waals surface area (Å²) in [6, 6.07) is 2.02. The molecule has 0 aliphatic rings. The van der Waals surface area contributed by atoms with Crippen LogP contribution in [0.3, 0.4) is 0 Å². The number of esters is 1. The van der Waals surface area contributed by atoms with Crippen molar-refractivity contribution in [2.45, 2.75) is 27.3 Å². The summed E-state index contributed by atoms with van der Waals surface area (Å²) in [4.78, 5) is 15.7. The van der Waals surface area contributed by atoms with Crippen molar-refractivity contribution in [2.75, 3.05) is 6.61 Å². The van der Waals surface area contributed by atoms with Crippen LogP contribution in [0.4, 0.5) is 0 Å². The lowest BCUT2D eigenvalue weighted by Crippen LogP contribution is -2.14. The van der Waals surface area contributed by atoms with Crippen molar-refractivity contribution < 1.29 is 9.53 Å². The van der Waals surface area contributed by atoms with E-state index in [9.17, 15) is 4.79 Å². The van der Waals surface area contributed by atoms with Crippen molar-refractivity contribution in [3.63, 3.8) is 0 Å². The lowest BCUT2D eigenvalue weighted by Gasteiger charge is -2.02. The minimum Gasteiger partial charge on any atom is -0.465 e. The molecule has 0 amide bonds. The average molecular weight is 233 g/mol. The standard InChI is InChI=1S/C12H15N3O2/c1-4-17-11(16)7-15-12-10(9(3)14-15)5-8(2)6-13-12/h5-6H,4,7H2,1-3H3. The third kappa shape index (κ3) is 2.27. The number of hydrogen-bond acceptors (Lipinski definition) is 4. The summed E-state index contributed by atoms with van der Waals surface area (Å²) in [7, 11) is 0. The molecule has 2 rings (SSSR count). The van der Waals surface area contributed by atoms with Crippen LogP contribution in [0.25, 0.3) is 11.0 Å². The highest BCUT2D eigenvalue weighted by Gasteiger charge is 2.12. The van der Waals surface area contributed by atoms with Gasteiger partial charge in [0.25, 0.3) is 0 Å². The monoisotopic (exact) mass is 233 g/mol. The van der Waals surface area contributed by atoms with Crippen LogP contribution in [-0.2, 0) is 16.1 Å². The van der Waals surface area contributed by atoms with E-state index in [1.807, 2.05) is 19.9 Å². The van der Waals surface area contributed by atoms with Crippen molar-refractivity contribution in [1.82, 2.24) is 14.8 Å². The molecule has 0 N–H and O–H groups in total. The van der Waals surface area contributed by atoms with Crippen LogP contribution in [0, 0.1) is 13.8 Å². The molecule has 2 aromatic heterocycles. The Morgan fingerprint density at radius 2 is 2.24 bits per heavy atom. The zero-order valence-electron chi connectivity index (χ0n) is 10.2. The van der Waals surface area contributed by atoms with Crippen LogP contribution >= 0.6 is 0 Å². The molecule has 0 spiro atoms. The fraction of sp³-hybridized carbons (Fsp3) is 0.417. The lowest BCUT2D eigenvalue weighted by atomic mass is 10.2. The second-order valence-corrected chi connectivity index (χ2v) is 3.93. The molecular formula is C12H15N3O2. The van der Waals surface area contributed by atoms with Crippen LogP contribution in [0.2, 0.25) is 0 Å². The van der Waals surface area contributed by atoms with Crippen LogP contribution in [-0.4, -0.2) is 27.3 Å². The number of carbonyl (C=O) groups excluding carboxylic acids is 1. The van der Waals surface area contributed by atoms with Gasteiger partial charge < -0.3 is 4.74 Å². The van der Waals surface area contributed by atoms with E-state index in [1.165, 1.54) is 0 Å². The van der Waals surface area contributed by atoms with Gasteiger partial charge >= 0.3 is 5.97 Å². The highest BCUT2D eigenvalue weighted by molar-refractivity contribution is 5.80. The topological polar surface area (TPSA) is 57.0 Å². The number of aromatic nitrogens is 3. The summed E-state index contributed by atoms with van der Waals surface area (Å²) >= 11 is 0. The van der Waals surface area contributed by atoms with Gasteiger partial charge in [-0.2, -0.15) is 5.10 Å². The fourth-order valence-electron chi connectivity index (χ4n) is 1.76. The molecule has 0 unspecified atom stereocenters. The molecule has 5 nitrogen and oxygen atoms in total. The highest BCUT2D eigenvalue weighted by atomic mass is 16.5. The van der Waals surface area contributed by atoms with Crippen LogP contribution in [0.15, 0.2) is 12.3 Å². The Labute approximate surface area is 99.4 Å². The van der Waals surface area contributed by atoms with E-state index in [0.717, 1.165) is 22.3 Å². The SMILES string of the molecule is CCOC(=O)Cn1nc(C)c2cc(C)cnc21. The minimum absolute atomic E-state index is 0.105. The molecule has 0 radical (unpaired) electrons. The molecule has 17 heavy (non-hydrogen) atoms. The van der Waals surface area contributed by atoms with Gasteiger partial charge in [0, 0.05) is 11.6 Å². The van der Waals surface area contributed by atoms with Gasteiger partial charge in [0.15, 0.2) is 5.65 Å². The molecule has 0 atom stereocenters. The lowest BCUT2D eigenvalue weighted by molar-refractivity contribution is -0.143. The van der Waals surface area contributed by atoms with Gasteiger partial charge in [-0.25, -0.2) is 9.67 Å². The van der Waals surface area contributed by atoms with E-state index in [0.29, 0.717) is 6.61 Å². The van der Waals surface area contributed by atoms with Crippen LogP contribution < -0.4 is 0 Å². The number of rotatable bonds is 3. The Balaban J connectivity index is 2.38. The van der Waals surface area contributed by atoms with E-state index < -0.39 is 0 Å². The zero-order valence-corrected chi connectivity index (χ0v) is 10.2. The molecule has 0 aliphatic heterocycles. The minimum atomic E-state index is -0.292. The summed E-state index contributed by atoms with van der Waals surface area (Å²) < 4.78 is 6.49. The first-order chi connectivity index (χ1) is 8.11. The second kappa shape index (κ2) is 4.53. The van der Waals surface area contributed by atoms with Gasteiger partial charge in [-0.05, 0) is 32.4 Å². The van der Waals surface area contributed by atoms with E-state index in [4.69, 9.17) is 4.74 Å². The third-order valence-corrected chi connectivity index (χ3v) is 2.49. The molecule has 5 heteroatoms. The average Bonchev–Trinajstić information content (AvgIpc) is 2.56. The Morgan fingerprint density at radius 1 is 1.47 bits per heavy atom. The van der Waals surface area contributed by atoms with Crippen molar-refractivity contribution in [1.29, 1.82) is 0 Å². The fourth-order valence-corrected chi connectivity index (χ4v) is 1.76. The van der Waals surface area contributed by atoms with Crippen molar-refractivity contribution in [2.24, 2.45) is 0 Å². The second-order valence-electron chi connectivity index (χ2n) is 3.93. The van der Waals surface area contributed by atoms with Gasteiger partial charge in [-0.15, -0.1) is 0 Å². The first kappa shape index (κ1) is 11.6. The van der Waals surface area contributed by atoms with Gasteiger partial charge in [0.2, 0.25) is 0 Å². The summed E-state index contributed by atoms with van der Waals surface area (Å²) in [5.41, 5.74) is 2.68. The Bertz CT molecular complexity index is 560. The predicted octanol–water partition coefficient (Wildman–Crippen LogP) is 1.61. The number of ether oxygens (including phenoxy) is 1. The number of pyridine rings is 1. The number of fused-ring (bicyclic) bond motifs is 1. The molecule has 0 fully saturated rings. The van der Waals surface area contributed by atoms with Crippen LogP contribution in [0.5, 0.6) is 0 Å². The molecule has 0 saturated carbocycles. The maximum Gasteiger partial charge on any atom is 0.327 e. The van der Waals surface area contributed by atoms with Gasteiger partial charge in [0.05, 0.1) is 12.3 Å². The Hall–Kier alpha value is -1.91. The van der Waals surface area contributed by atoms with Crippen molar-refractivity contribution >= 4 is 17.0 Å². The summed E-state index contributed by atoms with van der Waals surface area (Å²) in [5.74, 6) is -0.292. The zero-order chi connectivity index (χ0) is 12.4. The summed E-state index contributed by atoms with van der Waals surface area (Å²) in [6.07, 6.45) is 1.77. The molecule has 0 aliphatic carbocycles. The van der Waals surface area contributed by atoms with E-state index in [1.54, 1.807) is 17.8 Å². The number of nitrogens with zero attached hydrogens (tertiary/aromatic N) is 3. The first-order valence-corrected chi connectivity index (χ1v) is 5.57. The highest BCUT2D eigenvalue weighted by Crippen LogP contribution is 2.16. The number of hydrogen-bond donors (Lipinski definition) is 0. The molecule has 0 aromatic carbocycles. The largest absolute Gasteiger partial charge is 0.465 e. The smallest absolute Gasteiger partial charge is 0.327 e. The van der Waals surface area contributed by atoms with Gasteiger partial charge in [0.1, 0.15) is 6.54 Å². The first-order valence-electron chi connectivity index (χ1n) is 5.57. The molecule has 2 heterocycles. The predicted molar refractivity (Wildman–Crippen MR) is 63.6 cm³/mol. The third-order valence-electron chi connectivity index (χ3n) is 2.49. The number of carbonyl (C=O) groups is 1. The Morgan fingerprint density at radius 3 is 2.94 bits per heavy atom. The van der Waals surface area contributed by atoms with Crippen molar-refractivity contribution in [3.05, 3.63) is 23.5 Å². The van der Waals surface area contributed by atoms with Crippen molar-refractivity contribution in [3.8, 4) is 0 Å². The summed E-state index contributed by atoms with van der Waals surface area (Å²) in [5, 5.41) is 5.29. The van der Waals surface area contributed by atoms with E-state index in [2.05, 4.69) is 10.1 Å². The molecule has 0 bridgehead atoms. The molecule has 0 saturated heterocycles. The molecule has 90 valence electrons. The summed E-state index contributed by atoms with van der Waals surface area (Å²) in [6.45, 7) is 6.16. The molecule has 2 aromatic rings. The molecular weight excluding hydrogens is 218 g/mol. The van der Waals surface area contributed by atoms with Crippen LogP contribution in [0.1, 0.15) is 18.2 Å². The van der Waals surface area contributed by atoms with E-state index in [-0.39, 0.29) is 12.5 Å². The van der Waals surface area contributed by atoms with E-state index >= 15 is 0 Å². The quantitative estimate of drug-likeness (QED) is 0.756. The Kier molecular flexibility index (Phi) is 3.08. The van der Waals surface area contributed by atoms with Gasteiger partial charge in [-0.3, -0.25) is 4.79 Å². The maximum absolute atomic E-state index is 11.4. The normalized spacial score (nSPS) is 10.8.